The Balaban J connectivity index is 1.64. The molecule has 1 aromatic heterocycles. The second kappa shape index (κ2) is 8.76. The number of hydrogen-bond acceptors (Lipinski definition) is 4. The molecule has 150 valence electrons. The molecule has 0 fully saturated rings. The van der Waals surface area contributed by atoms with Crippen LogP contribution in [-0.2, 0) is 0 Å². The Labute approximate surface area is 175 Å². The average molecular weight is 398 g/mol. The summed E-state index contributed by atoms with van der Waals surface area (Å²) < 4.78 is 5.22. The van der Waals surface area contributed by atoms with Gasteiger partial charge in [0.1, 0.15) is 5.75 Å². The molecule has 30 heavy (non-hydrogen) atoms. The molecule has 1 unspecified atom stereocenters. The number of carbonyl (C=O) groups excluding carboxylic acids is 1. The number of carbonyl (C=O) groups is 1. The lowest BCUT2D eigenvalue weighted by Gasteiger charge is -2.14. The van der Waals surface area contributed by atoms with Crippen LogP contribution in [0.4, 0.5) is 0 Å². The smallest absolute Gasteiger partial charge is 0.252 e. The summed E-state index contributed by atoms with van der Waals surface area (Å²) in [5.74, 6) is 0.505. The standard InChI is InChI=1S/C25H22N2O3/c1-30-19-13-11-17(12-14-19)23-15-21(20-9-5-6-10-22(20)27-23)25(29)26-16-24(28)18-7-3-2-4-8-18/h2-15,24,28H,16H2,1H3,(H,26,29). The van der Waals surface area contributed by atoms with E-state index in [1.807, 2.05) is 78.9 Å². The van der Waals surface area contributed by atoms with Gasteiger partial charge in [-0.15, -0.1) is 0 Å². The van der Waals surface area contributed by atoms with Crippen molar-refractivity contribution in [3.8, 4) is 17.0 Å². The van der Waals surface area contributed by atoms with Gasteiger partial charge >= 0.3 is 0 Å². The van der Waals surface area contributed by atoms with E-state index in [1.165, 1.54) is 0 Å². The summed E-state index contributed by atoms with van der Waals surface area (Å²) in [6, 6.07) is 26.2. The third-order valence-electron chi connectivity index (χ3n) is 4.99. The Morgan fingerprint density at radius 1 is 1.00 bits per heavy atom. The first kappa shape index (κ1) is 19.6. The molecule has 5 heteroatoms. The molecule has 2 N–H and O–H groups in total. The maximum absolute atomic E-state index is 13.0. The monoisotopic (exact) mass is 398 g/mol. The zero-order valence-corrected chi connectivity index (χ0v) is 16.6. The minimum Gasteiger partial charge on any atom is -0.497 e. The number of nitrogens with one attached hydrogen (secondary N) is 1. The third kappa shape index (κ3) is 4.16. The number of fused-ring (bicyclic) bond motifs is 1. The number of aliphatic hydroxyl groups is 1. The van der Waals surface area contributed by atoms with Gasteiger partial charge in [0, 0.05) is 17.5 Å². The van der Waals surface area contributed by atoms with Gasteiger partial charge in [-0.3, -0.25) is 4.79 Å². The molecule has 0 saturated carbocycles. The van der Waals surface area contributed by atoms with Gasteiger partial charge in [0.2, 0.25) is 0 Å². The van der Waals surface area contributed by atoms with Crippen molar-refractivity contribution >= 4 is 16.8 Å². The van der Waals surface area contributed by atoms with Crippen LogP contribution in [0.1, 0.15) is 22.0 Å². The fourth-order valence-electron chi connectivity index (χ4n) is 3.35. The van der Waals surface area contributed by atoms with Gasteiger partial charge < -0.3 is 15.2 Å². The van der Waals surface area contributed by atoms with E-state index >= 15 is 0 Å². The summed E-state index contributed by atoms with van der Waals surface area (Å²) in [5.41, 5.74) is 3.60. The van der Waals surface area contributed by atoms with Crippen molar-refractivity contribution in [2.24, 2.45) is 0 Å². The highest BCUT2D eigenvalue weighted by atomic mass is 16.5. The Morgan fingerprint density at radius 3 is 2.43 bits per heavy atom. The maximum atomic E-state index is 13.0. The number of aliphatic hydroxyl groups excluding tert-OH is 1. The normalized spacial score (nSPS) is 11.8. The summed E-state index contributed by atoms with van der Waals surface area (Å²) in [6.07, 6.45) is -0.774. The zero-order chi connectivity index (χ0) is 20.9. The Hall–Kier alpha value is -3.70. The van der Waals surface area contributed by atoms with Crippen molar-refractivity contribution in [1.29, 1.82) is 0 Å². The molecular weight excluding hydrogens is 376 g/mol. The molecule has 0 aliphatic heterocycles. The van der Waals surface area contributed by atoms with Crippen LogP contribution < -0.4 is 10.1 Å². The van der Waals surface area contributed by atoms with Gasteiger partial charge in [-0.1, -0.05) is 48.5 Å². The molecule has 0 aliphatic carbocycles. The summed E-state index contributed by atoms with van der Waals surface area (Å²) in [5, 5.41) is 14.0. The van der Waals surface area contributed by atoms with Gasteiger partial charge in [-0.2, -0.15) is 0 Å². The molecule has 1 atom stereocenters. The van der Waals surface area contributed by atoms with Crippen LogP contribution in [0.5, 0.6) is 5.75 Å². The number of rotatable bonds is 6. The third-order valence-corrected chi connectivity index (χ3v) is 4.99. The molecule has 1 heterocycles. The number of methoxy groups -OCH3 is 1. The van der Waals surface area contributed by atoms with E-state index in [-0.39, 0.29) is 12.5 Å². The number of hydrogen-bond donors (Lipinski definition) is 2. The fraction of sp³-hybridized carbons (Fsp3) is 0.120. The molecule has 5 nitrogen and oxygen atoms in total. The van der Waals surface area contributed by atoms with E-state index in [4.69, 9.17) is 9.72 Å². The maximum Gasteiger partial charge on any atom is 0.252 e. The van der Waals surface area contributed by atoms with E-state index in [0.29, 0.717) is 11.3 Å². The van der Waals surface area contributed by atoms with Gasteiger partial charge in [0.25, 0.3) is 5.91 Å². The van der Waals surface area contributed by atoms with Gasteiger partial charge in [-0.25, -0.2) is 4.98 Å². The van der Waals surface area contributed by atoms with Crippen LogP contribution in [-0.4, -0.2) is 29.7 Å². The topological polar surface area (TPSA) is 71.5 Å². The van der Waals surface area contributed by atoms with Crippen LogP contribution in [0.25, 0.3) is 22.2 Å². The van der Waals surface area contributed by atoms with Gasteiger partial charge in [0.15, 0.2) is 0 Å². The van der Waals surface area contributed by atoms with Gasteiger partial charge in [-0.05, 0) is 42.0 Å². The molecular formula is C25H22N2O3. The van der Waals surface area contributed by atoms with Crippen molar-refractivity contribution in [2.75, 3.05) is 13.7 Å². The second-order valence-electron chi connectivity index (χ2n) is 6.94. The number of amides is 1. The van der Waals surface area contributed by atoms with Crippen LogP contribution in [0.3, 0.4) is 0 Å². The molecule has 0 saturated heterocycles. The summed E-state index contributed by atoms with van der Waals surface area (Å²) in [7, 11) is 1.62. The van der Waals surface area contributed by atoms with Crippen molar-refractivity contribution in [3.05, 3.63) is 96.1 Å². The van der Waals surface area contributed by atoms with Crippen LogP contribution in [0.2, 0.25) is 0 Å². The summed E-state index contributed by atoms with van der Waals surface area (Å²) in [6.45, 7) is 0.122. The number of nitrogens with zero attached hydrogens (tertiary/aromatic N) is 1. The highest BCUT2D eigenvalue weighted by Crippen LogP contribution is 2.26. The number of para-hydroxylation sites is 1. The second-order valence-corrected chi connectivity index (χ2v) is 6.94. The van der Waals surface area contributed by atoms with Crippen LogP contribution >= 0.6 is 0 Å². The van der Waals surface area contributed by atoms with Crippen molar-refractivity contribution in [3.63, 3.8) is 0 Å². The first-order valence-corrected chi connectivity index (χ1v) is 9.71. The predicted octanol–water partition coefficient (Wildman–Crippen LogP) is 4.37. The van der Waals surface area contributed by atoms with Crippen molar-refractivity contribution in [1.82, 2.24) is 10.3 Å². The predicted molar refractivity (Wildman–Crippen MR) is 117 cm³/mol. The Morgan fingerprint density at radius 2 is 1.70 bits per heavy atom. The van der Waals surface area contributed by atoms with E-state index in [9.17, 15) is 9.90 Å². The first-order chi connectivity index (χ1) is 14.7. The number of aromatic nitrogens is 1. The van der Waals surface area contributed by atoms with E-state index in [2.05, 4.69) is 5.32 Å². The Bertz CT molecular complexity index is 1160. The number of pyridine rings is 1. The lowest BCUT2D eigenvalue weighted by molar-refractivity contribution is 0.0918. The summed E-state index contributed by atoms with van der Waals surface area (Å²) in [4.78, 5) is 17.7. The van der Waals surface area contributed by atoms with E-state index in [1.54, 1.807) is 13.2 Å². The average Bonchev–Trinajstić information content (AvgIpc) is 2.82. The highest BCUT2D eigenvalue weighted by Gasteiger charge is 2.16. The van der Waals surface area contributed by atoms with E-state index < -0.39 is 6.10 Å². The minimum atomic E-state index is -0.774. The van der Waals surface area contributed by atoms with Crippen molar-refractivity contribution < 1.29 is 14.6 Å². The molecule has 1 amide bonds. The van der Waals surface area contributed by atoms with Crippen molar-refractivity contribution in [2.45, 2.75) is 6.10 Å². The molecule has 3 aromatic carbocycles. The molecule has 0 aliphatic rings. The molecule has 4 rings (SSSR count). The quantitative estimate of drug-likeness (QED) is 0.506. The molecule has 0 bridgehead atoms. The highest BCUT2D eigenvalue weighted by molar-refractivity contribution is 6.07. The molecule has 4 aromatic rings. The molecule has 0 radical (unpaired) electrons. The largest absolute Gasteiger partial charge is 0.497 e. The SMILES string of the molecule is COc1ccc(-c2cc(C(=O)NCC(O)c3ccccc3)c3ccccc3n2)cc1. The zero-order valence-electron chi connectivity index (χ0n) is 16.6. The number of ether oxygens (including phenoxy) is 1. The molecule has 0 spiro atoms. The van der Waals surface area contributed by atoms with E-state index in [0.717, 1.165) is 27.8 Å². The lowest BCUT2D eigenvalue weighted by atomic mass is 10.0. The first-order valence-electron chi connectivity index (χ1n) is 9.71. The Kier molecular flexibility index (Phi) is 5.72. The lowest BCUT2D eigenvalue weighted by Crippen LogP contribution is -2.28. The fourth-order valence-corrected chi connectivity index (χ4v) is 3.35. The minimum absolute atomic E-state index is 0.122. The van der Waals surface area contributed by atoms with Crippen LogP contribution in [0.15, 0.2) is 84.9 Å². The van der Waals surface area contributed by atoms with Gasteiger partial charge in [0.05, 0.1) is 30.0 Å². The number of benzene rings is 3. The summed E-state index contributed by atoms with van der Waals surface area (Å²) >= 11 is 0. The van der Waals surface area contributed by atoms with Crippen LogP contribution in [0, 0.1) is 0 Å².